The topological polar surface area (TPSA) is 42.8 Å². The predicted octanol–water partition coefficient (Wildman–Crippen LogP) is 3.09. The van der Waals surface area contributed by atoms with Gasteiger partial charge in [-0.2, -0.15) is 0 Å². The lowest BCUT2D eigenvalue weighted by atomic mass is 10.3. The molecule has 0 amide bonds. The van der Waals surface area contributed by atoms with Gasteiger partial charge in [-0.25, -0.2) is 4.98 Å². The van der Waals surface area contributed by atoms with Gasteiger partial charge in [0.15, 0.2) is 10.4 Å². The van der Waals surface area contributed by atoms with Crippen molar-refractivity contribution >= 4 is 23.4 Å². The molecule has 0 radical (unpaired) electrons. The number of imidazole rings is 1. The lowest BCUT2D eigenvalue weighted by molar-refractivity contribution is 0.414. The zero-order valence-corrected chi connectivity index (χ0v) is 10.6. The molecule has 0 unspecified atom stereocenters. The fourth-order valence-corrected chi connectivity index (χ4v) is 2.23. The fourth-order valence-electron chi connectivity index (χ4n) is 1.93. The monoisotopic (exact) mass is 257 g/mol. The number of nitrogens with one attached hydrogen (secondary N) is 1. The molecule has 5 heteroatoms. The number of H-pyrrole nitrogens is 1. The van der Waals surface area contributed by atoms with Crippen LogP contribution in [-0.2, 0) is 0 Å². The number of benzene rings is 1. The molecule has 0 saturated heterocycles. The molecule has 4 nitrogen and oxygen atoms in total. The van der Waals surface area contributed by atoms with Crippen molar-refractivity contribution in [3.63, 3.8) is 0 Å². The number of pyridine rings is 1. The maximum Gasteiger partial charge on any atom is 0.184 e. The third-order valence-electron chi connectivity index (χ3n) is 2.75. The van der Waals surface area contributed by atoms with Crippen LogP contribution in [-0.4, -0.2) is 21.6 Å². The van der Waals surface area contributed by atoms with Crippen molar-refractivity contribution in [2.75, 3.05) is 7.11 Å². The largest absolute Gasteiger partial charge is 0.497 e. The van der Waals surface area contributed by atoms with Gasteiger partial charge in [-0.1, -0.05) is 6.07 Å². The lowest BCUT2D eigenvalue weighted by Crippen LogP contribution is -1.96. The quantitative estimate of drug-likeness (QED) is 0.717. The molecule has 0 fully saturated rings. The zero-order valence-electron chi connectivity index (χ0n) is 9.75. The Labute approximate surface area is 109 Å². The molecular formula is C13H11N3OS. The number of hydrogen-bond donors (Lipinski definition) is 1. The predicted molar refractivity (Wildman–Crippen MR) is 72.8 cm³/mol. The second kappa shape index (κ2) is 4.27. The van der Waals surface area contributed by atoms with E-state index < -0.39 is 0 Å². The smallest absolute Gasteiger partial charge is 0.184 e. The van der Waals surface area contributed by atoms with Gasteiger partial charge in [0.05, 0.1) is 18.3 Å². The Morgan fingerprint density at radius 1 is 1.28 bits per heavy atom. The molecule has 0 spiro atoms. The first-order valence-corrected chi connectivity index (χ1v) is 5.90. The number of ether oxygens (including phenoxy) is 1. The average Bonchev–Trinajstić information content (AvgIpc) is 2.74. The highest BCUT2D eigenvalue weighted by Crippen LogP contribution is 2.21. The number of methoxy groups -OCH3 is 1. The summed E-state index contributed by atoms with van der Waals surface area (Å²) in [7, 11) is 1.64. The zero-order chi connectivity index (χ0) is 12.5. The summed E-state index contributed by atoms with van der Waals surface area (Å²) < 4.78 is 7.75. The van der Waals surface area contributed by atoms with Gasteiger partial charge < -0.3 is 9.72 Å². The highest BCUT2D eigenvalue weighted by Gasteiger charge is 2.07. The van der Waals surface area contributed by atoms with Crippen molar-refractivity contribution in [3.05, 3.63) is 47.4 Å². The third-order valence-corrected chi connectivity index (χ3v) is 3.04. The molecule has 1 aromatic carbocycles. The molecule has 0 aliphatic heterocycles. The summed E-state index contributed by atoms with van der Waals surface area (Å²) in [5.74, 6) is 0.791. The summed E-state index contributed by atoms with van der Waals surface area (Å²) in [4.78, 5) is 7.50. The van der Waals surface area contributed by atoms with Crippen LogP contribution in [0.15, 0.2) is 42.6 Å². The molecule has 18 heavy (non-hydrogen) atoms. The van der Waals surface area contributed by atoms with Gasteiger partial charge in [0.1, 0.15) is 5.75 Å². The summed E-state index contributed by atoms with van der Waals surface area (Å²) in [5, 5.41) is 0. The van der Waals surface area contributed by atoms with Gasteiger partial charge in [0.25, 0.3) is 0 Å². The van der Waals surface area contributed by atoms with Crippen LogP contribution in [0.4, 0.5) is 0 Å². The van der Waals surface area contributed by atoms with Gasteiger partial charge in [-0.05, 0) is 36.5 Å². The molecule has 90 valence electrons. The first-order chi connectivity index (χ1) is 8.79. The summed E-state index contributed by atoms with van der Waals surface area (Å²) in [5.41, 5.74) is 2.67. The molecule has 0 bridgehead atoms. The molecule has 0 aliphatic rings. The maximum atomic E-state index is 5.34. The van der Waals surface area contributed by atoms with Crippen molar-refractivity contribution < 1.29 is 4.74 Å². The first kappa shape index (κ1) is 11.0. The van der Waals surface area contributed by atoms with E-state index in [-0.39, 0.29) is 0 Å². The maximum absolute atomic E-state index is 5.34. The Bertz CT molecular complexity index is 760. The van der Waals surface area contributed by atoms with E-state index in [0.717, 1.165) is 22.6 Å². The molecule has 2 aromatic heterocycles. The molecule has 0 aliphatic carbocycles. The van der Waals surface area contributed by atoms with Crippen LogP contribution < -0.4 is 4.74 Å². The Balaban J connectivity index is 2.30. The number of hydrogen-bond acceptors (Lipinski definition) is 3. The molecule has 3 rings (SSSR count). The summed E-state index contributed by atoms with van der Waals surface area (Å²) >= 11 is 5.34. The SMILES string of the molecule is COc1cccc(-n2c(=S)[nH]c3cccnc32)c1. The summed E-state index contributed by atoms with van der Waals surface area (Å²) in [6.45, 7) is 0. The Morgan fingerprint density at radius 3 is 3.00 bits per heavy atom. The number of rotatable bonds is 2. The van der Waals surface area contributed by atoms with Crippen molar-refractivity contribution in [2.24, 2.45) is 0 Å². The number of aromatic amines is 1. The summed E-state index contributed by atoms with van der Waals surface area (Å²) in [6, 6.07) is 11.6. The van der Waals surface area contributed by atoms with E-state index in [1.54, 1.807) is 13.3 Å². The molecule has 0 atom stereocenters. The minimum Gasteiger partial charge on any atom is -0.497 e. The highest BCUT2D eigenvalue weighted by atomic mass is 32.1. The fraction of sp³-hybridized carbons (Fsp3) is 0.0769. The number of fused-ring (bicyclic) bond motifs is 1. The van der Waals surface area contributed by atoms with E-state index in [1.807, 2.05) is 41.0 Å². The van der Waals surface area contributed by atoms with Crippen LogP contribution >= 0.6 is 12.2 Å². The average molecular weight is 257 g/mol. The van der Waals surface area contributed by atoms with Gasteiger partial charge in [-0.15, -0.1) is 0 Å². The minimum absolute atomic E-state index is 0.622. The van der Waals surface area contributed by atoms with Crippen molar-refractivity contribution in [2.45, 2.75) is 0 Å². The minimum atomic E-state index is 0.622. The molecule has 2 heterocycles. The Morgan fingerprint density at radius 2 is 2.17 bits per heavy atom. The summed E-state index contributed by atoms with van der Waals surface area (Å²) in [6.07, 6.45) is 1.75. The van der Waals surface area contributed by atoms with Crippen LogP contribution in [0, 0.1) is 4.77 Å². The van der Waals surface area contributed by atoms with Crippen LogP contribution in [0.5, 0.6) is 5.75 Å². The van der Waals surface area contributed by atoms with E-state index >= 15 is 0 Å². The van der Waals surface area contributed by atoms with E-state index in [1.165, 1.54) is 0 Å². The Hall–Kier alpha value is -2.14. The highest BCUT2D eigenvalue weighted by molar-refractivity contribution is 7.71. The molecule has 1 N–H and O–H groups in total. The van der Waals surface area contributed by atoms with Crippen molar-refractivity contribution in [3.8, 4) is 11.4 Å². The van der Waals surface area contributed by atoms with Gasteiger partial charge in [-0.3, -0.25) is 4.57 Å². The second-order valence-electron chi connectivity index (χ2n) is 3.84. The van der Waals surface area contributed by atoms with Crippen LogP contribution in [0.1, 0.15) is 0 Å². The Kier molecular flexibility index (Phi) is 2.60. The van der Waals surface area contributed by atoms with Crippen molar-refractivity contribution in [1.29, 1.82) is 0 Å². The number of nitrogens with zero attached hydrogens (tertiary/aromatic N) is 2. The van der Waals surface area contributed by atoms with E-state index in [0.29, 0.717) is 4.77 Å². The van der Waals surface area contributed by atoms with Crippen LogP contribution in [0.3, 0.4) is 0 Å². The third kappa shape index (κ3) is 1.69. The van der Waals surface area contributed by atoms with E-state index in [9.17, 15) is 0 Å². The van der Waals surface area contributed by atoms with Gasteiger partial charge in [0, 0.05) is 12.3 Å². The van der Waals surface area contributed by atoms with Gasteiger partial charge in [0.2, 0.25) is 0 Å². The molecule has 0 saturated carbocycles. The standard InChI is InChI=1S/C13H11N3OS/c1-17-10-5-2-4-9(8-10)16-12-11(15-13(16)18)6-3-7-14-12/h2-8H,1H3,(H,15,18). The second-order valence-corrected chi connectivity index (χ2v) is 4.23. The molecular weight excluding hydrogens is 246 g/mol. The van der Waals surface area contributed by atoms with Gasteiger partial charge >= 0.3 is 0 Å². The number of aromatic nitrogens is 3. The van der Waals surface area contributed by atoms with Crippen LogP contribution in [0.2, 0.25) is 0 Å². The normalized spacial score (nSPS) is 10.7. The van der Waals surface area contributed by atoms with E-state index in [2.05, 4.69) is 9.97 Å². The lowest BCUT2D eigenvalue weighted by Gasteiger charge is -2.05. The molecule has 3 aromatic rings. The van der Waals surface area contributed by atoms with Crippen LogP contribution in [0.25, 0.3) is 16.9 Å². The first-order valence-electron chi connectivity index (χ1n) is 5.50. The van der Waals surface area contributed by atoms with Crippen molar-refractivity contribution in [1.82, 2.24) is 14.5 Å². The van der Waals surface area contributed by atoms with E-state index in [4.69, 9.17) is 17.0 Å².